The Morgan fingerprint density at radius 2 is 1.92 bits per heavy atom. The van der Waals surface area contributed by atoms with Crippen molar-refractivity contribution < 1.29 is 27.8 Å². The number of alkyl halides is 2. The summed E-state index contributed by atoms with van der Waals surface area (Å²) in [4.78, 5) is 19.3. The Morgan fingerprint density at radius 3 is 2.63 bits per heavy atom. The van der Waals surface area contributed by atoms with Gasteiger partial charge < -0.3 is 24.4 Å². The first-order valence-electron chi connectivity index (χ1n) is 12.3. The summed E-state index contributed by atoms with van der Waals surface area (Å²) in [6.07, 6.45) is 5.12. The zero-order valence-electron chi connectivity index (χ0n) is 21.1. The summed E-state index contributed by atoms with van der Waals surface area (Å²) in [5, 5.41) is 2.80. The molecule has 2 heterocycles. The average Bonchev–Trinajstić information content (AvgIpc) is 3.63. The topological polar surface area (TPSA) is 77.3 Å². The highest BCUT2D eigenvalue weighted by molar-refractivity contribution is 6.01. The lowest BCUT2D eigenvalue weighted by Gasteiger charge is -2.19. The molecule has 38 heavy (non-hydrogen) atoms. The Hall–Kier alpha value is -4.34. The van der Waals surface area contributed by atoms with Crippen LogP contribution in [0.15, 0.2) is 67.0 Å². The summed E-state index contributed by atoms with van der Waals surface area (Å²) in [6.45, 7) is -1.93. The lowest BCUT2D eigenvalue weighted by atomic mass is 10.1. The lowest BCUT2D eigenvalue weighted by molar-refractivity contribution is -0.0502. The number of anilines is 1. The molecule has 0 unspecified atom stereocenters. The summed E-state index contributed by atoms with van der Waals surface area (Å²) in [5.74, 6) is 0.0191. The number of hydrogen-bond donors (Lipinski definition) is 1. The van der Waals surface area contributed by atoms with Crippen LogP contribution in [0.5, 0.6) is 17.2 Å². The molecule has 4 aromatic rings. The number of pyridine rings is 1. The van der Waals surface area contributed by atoms with E-state index >= 15 is 0 Å². The van der Waals surface area contributed by atoms with Gasteiger partial charge in [0.05, 0.1) is 25.5 Å². The van der Waals surface area contributed by atoms with Crippen molar-refractivity contribution in [3.63, 3.8) is 0 Å². The number of aromatic nitrogens is 2. The Bertz CT molecular complexity index is 1420. The number of amides is 1. The number of imidazole rings is 1. The molecule has 8 nitrogen and oxygen atoms in total. The minimum atomic E-state index is -3.11. The molecular weight excluding hydrogens is 494 g/mol. The number of rotatable bonds is 11. The predicted octanol–water partition coefficient (Wildman–Crippen LogP) is 5.02. The van der Waals surface area contributed by atoms with Crippen LogP contribution >= 0.6 is 0 Å². The summed E-state index contributed by atoms with van der Waals surface area (Å²) in [5.41, 5.74) is 2.77. The third kappa shape index (κ3) is 5.64. The molecule has 1 amide bonds. The second kappa shape index (κ2) is 11.0. The van der Waals surface area contributed by atoms with Crippen LogP contribution in [0.1, 0.15) is 23.2 Å². The molecule has 1 fully saturated rings. The molecule has 2 aromatic carbocycles. The standard InChI is InChI=1S/C28H28F2N4O4/c1-33(20-6-4-3-5-7-20)12-13-37-21-10-11-34-22(17-31-25(34)16-21)18-14-23(36-2)26(24(15-18)38-28(29)30)27(35)32-19-8-9-19/h3-7,10-11,14-17,19,28H,8-9,12-13H2,1-2H3,(H,32,35). The normalized spacial score (nSPS) is 13.0. The van der Waals surface area contributed by atoms with E-state index in [1.165, 1.54) is 13.2 Å². The van der Waals surface area contributed by atoms with Gasteiger partial charge in [-0.2, -0.15) is 8.78 Å². The summed E-state index contributed by atoms with van der Waals surface area (Å²) >= 11 is 0. The molecule has 1 aliphatic rings. The van der Waals surface area contributed by atoms with Gasteiger partial charge in [0.25, 0.3) is 5.91 Å². The molecule has 0 atom stereocenters. The number of likely N-dealkylation sites (N-methyl/N-ethyl adjacent to an activating group) is 1. The van der Waals surface area contributed by atoms with Crippen LogP contribution in [0.2, 0.25) is 0 Å². The van der Waals surface area contributed by atoms with Crippen LogP contribution in [0.4, 0.5) is 14.5 Å². The zero-order valence-corrected chi connectivity index (χ0v) is 21.1. The lowest BCUT2D eigenvalue weighted by Crippen LogP contribution is -2.26. The highest BCUT2D eigenvalue weighted by atomic mass is 19.3. The van der Waals surface area contributed by atoms with Gasteiger partial charge in [-0.15, -0.1) is 0 Å². The summed E-state index contributed by atoms with van der Waals surface area (Å²) in [7, 11) is 3.39. The van der Waals surface area contributed by atoms with Crippen LogP contribution in [0.25, 0.3) is 16.9 Å². The Morgan fingerprint density at radius 1 is 1.16 bits per heavy atom. The maximum absolute atomic E-state index is 13.3. The summed E-state index contributed by atoms with van der Waals surface area (Å²) in [6, 6.07) is 16.7. The van der Waals surface area contributed by atoms with Crippen molar-refractivity contribution in [2.75, 3.05) is 32.2 Å². The first-order valence-corrected chi connectivity index (χ1v) is 12.3. The van der Waals surface area contributed by atoms with Gasteiger partial charge in [0.1, 0.15) is 35.1 Å². The Balaban J connectivity index is 1.37. The van der Waals surface area contributed by atoms with Crippen LogP contribution < -0.4 is 24.4 Å². The SMILES string of the molecule is COc1cc(-c2cnc3cc(OCCN(C)c4ccccc4)ccn23)cc(OC(F)F)c1C(=O)NC1CC1. The van der Waals surface area contributed by atoms with Crippen molar-refractivity contribution in [1.29, 1.82) is 0 Å². The molecule has 198 valence electrons. The van der Waals surface area contributed by atoms with Gasteiger partial charge >= 0.3 is 6.61 Å². The molecule has 10 heteroatoms. The number of benzene rings is 2. The van der Waals surface area contributed by atoms with Gasteiger partial charge in [0.15, 0.2) is 0 Å². The van der Waals surface area contributed by atoms with Crippen LogP contribution in [-0.2, 0) is 0 Å². The molecule has 0 spiro atoms. The third-order valence-electron chi connectivity index (χ3n) is 6.31. The second-order valence-electron chi connectivity index (χ2n) is 9.02. The van der Waals surface area contributed by atoms with Gasteiger partial charge in [-0.05, 0) is 43.2 Å². The predicted molar refractivity (Wildman–Crippen MR) is 140 cm³/mol. The van der Waals surface area contributed by atoms with E-state index in [0.717, 1.165) is 18.5 Å². The maximum Gasteiger partial charge on any atom is 0.387 e. The van der Waals surface area contributed by atoms with E-state index in [-0.39, 0.29) is 23.1 Å². The largest absolute Gasteiger partial charge is 0.496 e. The number of hydrogen-bond acceptors (Lipinski definition) is 6. The summed E-state index contributed by atoms with van der Waals surface area (Å²) < 4.78 is 44.4. The van der Waals surface area contributed by atoms with Crippen molar-refractivity contribution in [2.45, 2.75) is 25.5 Å². The second-order valence-corrected chi connectivity index (χ2v) is 9.02. The average molecular weight is 523 g/mol. The molecule has 0 bridgehead atoms. The number of nitrogens with one attached hydrogen (secondary N) is 1. The molecule has 0 radical (unpaired) electrons. The van der Waals surface area contributed by atoms with E-state index in [9.17, 15) is 13.6 Å². The number of ether oxygens (including phenoxy) is 3. The van der Waals surface area contributed by atoms with E-state index in [0.29, 0.717) is 35.8 Å². The highest BCUT2D eigenvalue weighted by Gasteiger charge is 2.29. The molecule has 0 aliphatic heterocycles. The Kier molecular flexibility index (Phi) is 7.30. The fourth-order valence-electron chi connectivity index (χ4n) is 4.17. The minimum Gasteiger partial charge on any atom is -0.496 e. The van der Waals surface area contributed by atoms with Gasteiger partial charge in [-0.1, -0.05) is 18.2 Å². The molecule has 1 N–H and O–H groups in total. The van der Waals surface area contributed by atoms with Crippen molar-refractivity contribution in [2.24, 2.45) is 0 Å². The van der Waals surface area contributed by atoms with Crippen LogP contribution in [0.3, 0.4) is 0 Å². The number of halogens is 2. The number of methoxy groups -OCH3 is 1. The van der Waals surface area contributed by atoms with Crippen molar-refractivity contribution >= 4 is 17.2 Å². The Labute approximate surface area is 218 Å². The molecule has 5 rings (SSSR count). The van der Waals surface area contributed by atoms with Crippen LogP contribution in [0, 0.1) is 0 Å². The van der Waals surface area contributed by atoms with E-state index in [4.69, 9.17) is 14.2 Å². The van der Waals surface area contributed by atoms with E-state index in [2.05, 4.69) is 15.2 Å². The van der Waals surface area contributed by atoms with Gasteiger partial charge in [-0.3, -0.25) is 9.20 Å². The van der Waals surface area contributed by atoms with Gasteiger partial charge in [0.2, 0.25) is 0 Å². The van der Waals surface area contributed by atoms with Crippen LogP contribution in [-0.4, -0.2) is 55.3 Å². The fraction of sp³-hybridized carbons (Fsp3) is 0.286. The number of carbonyl (C=O) groups is 1. The number of carbonyl (C=O) groups excluding carboxylic acids is 1. The zero-order chi connectivity index (χ0) is 26.6. The monoisotopic (exact) mass is 522 g/mol. The number of fused-ring (bicyclic) bond motifs is 1. The number of nitrogens with zero attached hydrogens (tertiary/aromatic N) is 3. The number of para-hydroxylation sites is 1. The quantitative estimate of drug-likeness (QED) is 0.298. The van der Waals surface area contributed by atoms with Gasteiger partial charge in [0, 0.05) is 36.6 Å². The first kappa shape index (κ1) is 25.3. The smallest absolute Gasteiger partial charge is 0.387 e. The van der Waals surface area contributed by atoms with Crippen molar-refractivity contribution in [1.82, 2.24) is 14.7 Å². The molecule has 0 saturated heterocycles. The molecule has 1 saturated carbocycles. The van der Waals surface area contributed by atoms with E-state index in [1.807, 2.05) is 43.4 Å². The fourth-order valence-corrected chi connectivity index (χ4v) is 4.17. The first-order chi connectivity index (χ1) is 18.4. The van der Waals surface area contributed by atoms with Crippen molar-refractivity contribution in [3.8, 4) is 28.5 Å². The minimum absolute atomic E-state index is 0.0419. The maximum atomic E-state index is 13.3. The highest BCUT2D eigenvalue weighted by Crippen LogP contribution is 2.37. The van der Waals surface area contributed by atoms with Crippen molar-refractivity contribution in [3.05, 3.63) is 72.6 Å². The molecular formula is C28H28F2N4O4. The van der Waals surface area contributed by atoms with E-state index < -0.39 is 12.5 Å². The molecule has 1 aliphatic carbocycles. The third-order valence-corrected chi connectivity index (χ3v) is 6.31. The molecule has 2 aromatic heterocycles. The van der Waals surface area contributed by atoms with E-state index in [1.54, 1.807) is 28.9 Å². The van der Waals surface area contributed by atoms with Gasteiger partial charge in [-0.25, -0.2) is 4.98 Å².